The third-order valence-electron chi connectivity index (χ3n) is 5.34. The highest BCUT2D eigenvalue weighted by Gasteiger charge is 2.34. The van der Waals surface area contributed by atoms with Gasteiger partial charge in [0, 0.05) is 57.6 Å². The summed E-state index contributed by atoms with van der Waals surface area (Å²) in [6.45, 7) is 8.21. The average Bonchev–Trinajstić information content (AvgIpc) is 2.72. The molecule has 2 fully saturated rings. The number of amides is 2. The highest BCUT2D eigenvalue weighted by atomic mass is 19.4. The maximum Gasteiger partial charge on any atom is 0.419 e. The molecule has 0 aromatic carbocycles. The van der Waals surface area contributed by atoms with Crippen LogP contribution in [0.15, 0.2) is 12.4 Å². The summed E-state index contributed by atoms with van der Waals surface area (Å²) < 4.78 is 43.3. The fourth-order valence-electron chi connectivity index (χ4n) is 3.65. The molecule has 2 amide bonds. The SMILES string of the molecule is CC(C)(C)OC(=O)N1CCC(C(=O)N2CCN(c3ncc(C(F)(F)F)cn3)CC2)CC1. The highest BCUT2D eigenvalue weighted by Crippen LogP contribution is 2.28. The topological polar surface area (TPSA) is 78.9 Å². The Morgan fingerprint density at radius 2 is 1.48 bits per heavy atom. The number of likely N-dealkylation sites (tertiary alicyclic amines) is 1. The second kappa shape index (κ2) is 8.88. The first-order valence-corrected chi connectivity index (χ1v) is 10.3. The Balaban J connectivity index is 1.47. The number of rotatable bonds is 2. The monoisotopic (exact) mass is 443 g/mol. The maximum atomic E-state index is 12.9. The Bertz CT molecular complexity index is 779. The number of anilines is 1. The molecule has 3 rings (SSSR count). The van der Waals surface area contributed by atoms with Crippen molar-refractivity contribution >= 4 is 17.9 Å². The smallest absolute Gasteiger partial charge is 0.419 e. The zero-order chi connectivity index (χ0) is 22.8. The van der Waals surface area contributed by atoms with Crippen LogP contribution in [-0.4, -0.2) is 76.6 Å². The number of carbonyl (C=O) groups is 2. The molecule has 2 saturated heterocycles. The van der Waals surface area contributed by atoms with Gasteiger partial charge in [-0.25, -0.2) is 14.8 Å². The molecule has 0 spiro atoms. The van der Waals surface area contributed by atoms with E-state index in [1.807, 2.05) is 20.8 Å². The molecule has 11 heteroatoms. The van der Waals surface area contributed by atoms with Gasteiger partial charge in [0.2, 0.25) is 11.9 Å². The van der Waals surface area contributed by atoms with Crippen molar-refractivity contribution in [2.24, 2.45) is 5.92 Å². The van der Waals surface area contributed by atoms with E-state index in [-0.39, 0.29) is 23.9 Å². The molecule has 8 nitrogen and oxygen atoms in total. The van der Waals surface area contributed by atoms with E-state index in [0.717, 1.165) is 12.4 Å². The molecule has 0 bridgehead atoms. The quantitative estimate of drug-likeness (QED) is 0.700. The van der Waals surface area contributed by atoms with Gasteiger partial charge in [-0.15, -0.1) is 0 Å². The molecule has 0 N–H and O–H groups in total. The van der Waals surface area contributed by atoms with Gasteiger partial charge in [-0.05, 0) is 33.6 Å². The van der Waals surface area contributed by atoms with Gasteiger partial charge in [0.1, 0.15) is 5.60 Å². The predicted octanol–water partition coefficient (Wildman–Crippen LogP) is 2.79. The molecule has 3 heterocycles. The number of hydrogen-bond donors (Lipinski definition) is 0. The van der Waals surface area contributed by atoms with Crippen LogP contribution in [0.1, 0.15) is 39.2 Å². The minimum Gasteiger partial charge on any atom is -0.444 e. The average molecular weight is 443 g/mol. The van der Waals surface area contributed by atoms with Crippen LogP contribution in [0.4, 0.5) is 23.9 Å². The summed E-state index contributed by atoms with van der Waals surface area (Å²) >= 11 is 0. The molecule has 1 aromatic heterocycles. The van der Waals surface area contributed by atoms with E-state index in [2.05, 4.69) is 9.97 Å². The first kappa shape index (κ1) is 23.1. The number of aromatic nitrogens is 2. The van der Waals surface area contributed by atoms with Crippen LogP contribution in [0.25, 0.3) is 0 Å². The van der Waals surface area contributed by atoms with Crippen LogP contribution >= 0.6 is 0 Å². The number of carbonyl (C=O) groups excluding carboxylic acids is 2. The molecule has 0 saturated carbocycles. The molecule has 2 aliphatic heterocycles. The van der Waals surface area contributed by atoms with Crippen molar-refractivity contribution in [3.63, 3.8) is 0 Å². The summed E-state index contributed by atoms with van der Waals surface area (Å²) in [5.41, 5.74) is -1.44. The number of alkyl halides is 3. The van der Waals surface area contributed by atoms with Gasteiger partial charge in [-0.1, -0.05) is 0 Å². The first-order valence-electron chi connectivity index (χ1n) is 10.3. The second-order valence-corrected chi connectivity index (χ2v) is 8.82. The number of halogens is 3. The maximum absolute atomic E-state index is 12.9. The highest BCUT2D eigenvalue weighted by molar-refractivity contribution is 5.79. The first-order chi connectivity index (χ1) is 14.4. The number of nitrogens with zero attached hydrogens (tertiary/aromatic N) is 5. The van der Waals surface area contributed by atoms with E-state index < -0.39 is 17.3 Å². The molecule has 31 heavy (non-hydrogen) atoms. The Morgan fingerprint density at radius 1 is 0.935 bits per heavy atom. The molecule has 0 aliphatic carbocycles. The third-order valence-corrected chi connectivity index (χ3v) is 5.34. The van der Waals surface area contributed by atoms with E-state index in [1.54, 1.807) is 14.7 Å². The molecule has 2 aliphatic rings. The Hall–Kier alpha value is -2.59. The van der Waals surface area contributed by atoms with E-state index >= 15 is 0 Å². The number of hydrogen-bond acceptors (Lipinski definition) is 6. The summed E-state index contributed by atoms with van der Waals surface area (Å²) in [6, 6.07) is 0. The molecule has 0 atom stereocenters. The van der Waals surface area contributed by atoms with Gasteiger partial charge in [0.25, 0.3) is 0 Å². The van der Waals surface area contributed by atoms with Gasteiger partial charge in [0.15, 0.2) is 0 Å². The summed E-state index contributed by atoms with van der Waals surface area (Å²) in [6.07, 6.45) is -2.11. The van der Waals surface area contributed by atoms with Crippen molar-refractivity contribution in [1.82, 2.24) is 19.8 Å². The zero-order valence-electron chi connectivity index (χ0n) is 18.0. The van der Waals surface area contributed by atoms with Crippen LogP contribution < -0.4 is 4.90 Å². The summed E-state index contributed by atoms with van der Waals surface area (Å²) in [4.78, 5) is 37.9. The molecule has 1 aromatic rings. The Morgan fingerprint density at radius 3 is 1.97 bits per heavy atom. The Labute approximate surface area is 179 Å². The minimum atomic E-state index is -4.47. The van der Waals surface area contributed by atoms with Crippen molar-refractivity contribution in [3.05, 3.63) is 18.0 Å². The Kier molecular flexibility index (Phi) is 6.61. The van der Waals surface area contributed by atoms with Gasteiger partial charge in [0.05, 0.1) is 5.56 Å². The van der Waals surface area contributed by atoms with E-state index in [1.165, 1.54) is 0 Å². The lowest BCUT2D eigenvalue weighted by molar-refractivity contribution is -0.138. The third kappa shape index (κ3) is 5.98. The van der Waals surface area contributed by atoms with Crippen LogP contribution in [0.5, 0.6) is 0 Å². The minimum absolute atomic E-state index is 0.0526. The van der Waals surface area contributed by atoms with Crippen LogP contribution in [0, 0.1) is 5.92 Å². The normalized spacial score (nSPS) is 18.8. The fourth-order valence-corrected chi connectivity index (χ4v) is 3.65. The van der Waals surface area contributed by atoms with Gasteiger partial charge in [-0.3, -0.25) is 4.79 Å². The largest absolute Gasteiger partial charge is 0.444 e. The molecule has 172 valence electrons. The van der Waals surface area contributed by atoms with Crippen molar-refractivity contribution in [3.8, 4) is 0 Å². The van der Waals surface area contributed by atoms with Crippen molar-refractivity contribution in [2.45, 2.75) is 45.4 Å². The standard InChI is InChI=1S/C20H28F3N5O3/c1-19(2,3)31-18(30)28-6-4-14(5-7-28)16(29)26-8-10-27(11-9-26)17-24-12-15(13-25-17)20(21,22)23/h12-14H,4-11H2,1-3H3. The fraction of sp³-hybridized carbons (Fsp3) is 0.700. The van der Waals surface area contributed by atoms with Crippen molar-refractivity contribution < 1.29 is 27.5 Å². The summed E-state index contributed by atoms with van der Waals surface area (Å²) in [5.74, 6) is 0.134. The number of ether oxygens (including phenoxy) is 1. The van der Waals surface area contributed by atoms with Gasteiger partial charge in [-0.2, -0.15) is 13.2 Å². The zero-order valence-corrected chi connectivity index (χ0v) is 18.0. The molecular weight excluding hydrogens is 415 g/mol. The van der Waals surface area contributed by atoms with Crippen molar-refractivity contribution in [2.75, 3.05) is 44.2 Å². The lowest BCUT2D eigenvalue weighted by Crippen LogP contribution is -2.52. The second-order valence-electron chi connectivity index (χ2n) is 8.82. The molecule has 0 unspecified atom stereocenters. The summed E-state index contributed by atoms with van der Waals surface area (Å²) in [7, 11) is 0. The van der Waals surface area contributed by atoms with Crippen molar-refractivity contribution in [1.29, 1.82) is 0 Å². The van der Waals surface area contributed by atoms with Crippen LogP contribution in [0.2, 0.25) is 0 Å². The predicted molar refractivity (Wildman–Crippen MR) is 106 cm³/mol. The lowest BCUT2D eigenvalue weighted by Gasteiger charge is -2.38. The summed E-state index contributed by atoms with van der Waals surface area (Å²) in [5, 5.41) is 0. The van der Waals surface area contributed by atoms with Crippen LogP contribution in [-0.2, 0) is 15.7 Å². The number of piperidine rings is 1. The van der Waals surface area contributed by atoms with E-state index in [4.69, 9.17) is 4.74 Å². The lowest BCUT2D eigenvalue weighted by atomic mass is 9.95. The van der Waals surface area contributed by atoms with Gasteiger partial charge < -0.3 is 19.4 Å². The van der Waals surface area contributed by atoms with Gasteiger partial charge >= 0.3 is 12.3 Å². The molecular formula is C20H28F3N5O3. The number of piperazine rings is 1. The van der Waals surface area contributed by atoms with Crippen LogP contribution in [0.3, 0.4) is 0 Å². The van der Waals surface area contributed by atoms with E-state index in [0.29, 0.717) is 52.1 Å². The molecule has 0 radical (unpaired) electrons. The van der Waals surface area contributed by atoms with E-state index in [9.17, 15) is 22.8 Å².